The minimum Gasteiger partial charge on any atom is -0.338 e. The summed E-state index contributed by atoms with van der Waals surface area (Å²) in [5, 5.41) is 7.76. The summed E-state index contributed by atoms with van der Waals surface area (Å²) in [4.78, 5) is 4.51. The molecule has 1 aromatic heterocycles. The Kier molecular flexibility index (Phi) is 4.11. The van der Waals surface area contributed by atoms with Gasteiger partial charge in [-0.05, 0) is 43.4 Å². The predicted molar refractivity (Wildman–Crippen MR) is 78.2 cm³/mol. The van der Waals surface area contributed by atoms with Crippen LogP contribution in [0.2, 0.25) is 0 Å². The molecule has 2 aliphatic rings. The van der Waals surface area contributed by atoms with E-state index in [0.29, 0.717) is 12.0 Å². The smallest absolute Gasteiger partial charge is 0.240 e. The van der Waals surface area contributed by atoms with E-state index in [1.54, 1.807) is 0 Å². The summed E-state index contributed by atoms with van der Waals surface area (Å²) >= 11 is 0. The normalized spacial score (nSPS) is 30.9. The van der Waals surface area contributed by atoms with E-state index in [9.17, 15) is 0 Å². The molecule has 1 N–H and O–H groups in total. The first-order valence-corrected chi connectivity index (χ1v) is 8.19. The Bertz CT molecular complexity index is 439. The van der Waals surface area contributed by atoms with Crippen molar-refractivity contribution in [3.8, 4) is 0 Å². The summed E-state index contributed by atoms with van der Waals surface area (Å²) in [6, 6.07) is 0.593. The summed E-state index contributed by atoms with van der Waals surface area (Å²) in [5.74, 6) is 4.59. The highest BCUT2D eigenvalue weighted by atomic mass is 16.5. The standard InChI is InChI=1S/C16H27N3O/c1-10(2)13-7-4-11(3)8-14(13)17-9-15-18-16(19-20-15)12-5-6-12/h10-14,17H,4-9H2,1-3H3/t11-,13-,14-/m1/s1. The van der Waals surface area contributed by atoms with E-state index < -0.39 is 0 Å². The van der Waals surface area contributed by atoms with Gasteiger partial charge in [-0.3, -0.25) is 0 Å². The Hall–Kier alpha value is -0.900. The van der Waals surface area contributed by atoms with Gasteiger partial charge in [0, 0.05) is 12.0 Å². The maximum Gasteiger partial charge on any atom is 0.240 e. The van der Waals surface area contributed by atoms with Gasteiger partial charge in [0.25, 0.3) is 0 Å². The van der Waals surface area contributed by atoms with E-state index in [1.807, 2.05) is 0 Å². The van der Waals surface area contributed by atoms with Crippen LogP contribution in [0, 0.1) is 17.8 Å². The highest BCUT2D eigenvalue weighted by Gasteiger charge is 2.31. The second kappa shape index (κ2) is 5.84. The lowest BCUT2D eigenvalue weighted by atomic mass is 9.74. The third-order valence-corrected chi connectivity index (χ3v) is 4.96. The predicted octanol–water partition coefficient (Wildman–Crippen LogP) is 3.50. The number of nitrogens with one attached hydrogen (secondary N) is 1. The van der Waals surface area contributed by atoms with Crippen molar-refractivity contribution in [2.24, 2.45) is 17.8 Å². The summed E-state index contributed by atoms with van der Waals surface area (Å²) < 4.78 is 5.36. The van der Waals surface area contributed by atoms with Crippen LogP contribution in [0.25, 0.3) is 0 Å². The molecule has 2 fully saturated rings. The summed E-state index contributed by atoms with van der Waals surface area (Å²) in [5.41, 5.74) is 0. The second-order valence-electron chi connectivity index (χ2n) is 7.13. The quantitative estimate of drug-likeness (QED) is 0.895. The third-order valence-electron chi connectivity index (χ3n) is 4.96. The van der Waals surface area contributed by atoms with Gasteiger partial charge >= 0.3 is 0 Å². The maximum atomic E-state index is 5.36. The van der Waals surface area contributed by atoms with Crippen LogP contribution < -0.4 is 5.32 Å². The molecule has 3 rings (SSSR count). The molecule has 0 spiro atoms. The van der Waals surface area contributed by atoms with Gasteiger partial charge < -0.3 is 9.84 Å². The first-order chi connectivity index (χ1) is 9.63. The van der Waals surface area contributed by atoms with Gasteiger partial charge in [0.15, 0.2) is 5.82 Å². The van der Waals surface area contributed by atoms with Crippen LogP contribution in [0.3, 0.4) is 0 Å². The summed E-state index contributed by atoms with van der Waals surface area (Å²) in [7, 11) is 0. The minimum absolute atomic E-state index is 0.575. The Morgan fingerprint density at radius 2 is 2.05 bits per heavy atom. The number of hydrogen-bond acceptors (Lipinski definition) is 4. The average Bonchev–Trinajstić information content (AvgIpc) is 3.15. The number of rotatable bonds is 5. The van der Waals surface area contributed by atoms with Gasteiger partial charge in [-0.25, -0.2) is 0 Å². The van der Waals surface area contributed by atoms with E-state index in [4.69, 9.17) is 4.52 Å². The molecule has 112 valence electrons. The van der Waals surface area contributed by atoms with Crippen LogP contribution in [0.1, 0.15) is 70.5 Å². The van der Waals surface area contributed by atoms with Crippen molar-refractivity contribution in [3.05, 3.63) is 11.7 Å². The Morgan fingerprint density at radius 3 is 2.75 bits per heavy atom. The summed E-state index contributed by atoms with van der Waals surface area (Å²) in [6.45, 7) is 7.77. The van der Waals surface area contributed by atoms with Gasteiger partial charge in [-0.15, -0.1) is 0 Å². The first kappa shape index (κ1) is 14.1. The van der Waals surface area contributed by atoms with Gasteiger partial charge in [0.2, 0.25) is 5.89 Å². The van der Waals surface area contributed by atoms with Crippen LogP contribution in [0.15, 0.2) is 4.52 Å². The maximum absolute atomic E-state index is 5.36. The number of aromatic nitrogens is 2. The Morgan fingerprint density at radius 1 is 1.25 bits per heavy atom. The Balaban J connectivity index is 1.56. The molecule has 0 aliphatic heterocycles. The largest absolute Gasteiger partial charge is 0.338 e. The molecule has 4 nitrogen and oxygen atoms in total. The molecular formula is C16H27N3O. The zero-order valence-corrected chi connectivity index (χ0v) is 12.9. The topological polar surface area (TPSA) is 51.0 Å². The molecule has 3 atom stereocenters. The monoisotopic (exact) mass is 277 g/mol. The van der Waals surface area contributed by atoms with E-state index in [0.717, 1.165) is 36.0 Å². The van der Waals surface area contributed by atoms with Gasteiger partial charge in [-0.1, -0.05) is 32.3 Å². The zero-order valence-electron chi connectivity index (χ0n) is 12.9. The highest BCUT2D eigenvalue weighted by Crippen LogP contribution is 2.38. The lowest BCUT2D eigenvalue weighted by Gasteiger charge is -2.37. The molecule has 0 bridgehead atoms. The van der Waals surface area contributed by atoms with Crippen molar-refractivity contribution in [1.29, 1.82) is 0 Å². The fourth-order valence-electron chi connectivity index (χ4n) is 3.50. The van der Waals surface area contributed by atoms with Gasteiger partial charge in [0.05, 0.1) is 6.54 Å². The van der Waals surface area contributed by atoms with Crippen LogP contribution in [-0.4, -0.2) is 16.2 Å². The zero-order chi connectivity index (χ0) is 14.1. The van der Waals surface area contributed by atoms with Crippen molar-refractivity contribution < 1.29 is 4.52 Å². The highest BCUT2D eigenvalue weighted by molar-refractivity contribution is 5.03. The van der Waals surface area contributed by atoms with Crippen LogP contribution in [0.5, 0.6) is 0 Å². The minimum atomic E-state index is 0.575. The van der Waals surface area contributed by atoms with Crippen LogP contribution >= 0.6 is 0 Å². The molecule has 0 unspecified atom stereocenters. The van der Waals surface area contributed by atoms with Crippen molar-refractivity contribution in [1.82, 2.24) is 15.5 Å². The molecular weight excluding hydrogens is 250 g/mol. The fraction of sp³-hybridized carbons (Fsp3) is 0.875. The second-order valence-corrected chi connectivity index (χ2v) is 7.13. The van der Waals surface area contributed by atoms with Crippen molar-refractivity contribution in [3.63, 3.8) is 0 Å². The molecule has 0 amide bonds. The Labute approximate surface area is 121 Å². The van der Waals surface area contributed by atoms with Crippen molar-refractivity contribution in [2.75, 3.05) is 0 Å². The molecule has 20 heavy (non-hydrogen) atoms. The number of hydrogen-bond donors (Lipinski definition) is 1. The van der Waals surface area contributed by atoms with Crippen LogP contribution in [0.4, 0.5) is 0 Å². The van der Waals surface area contributed by atoms with Crippen molar-refractivity contribution >= 4 is 0 Å². The lowest BCUT2D eigenvalue weighted by molar-refractivity contribution is 0.165. The van der Waals surface area contributed by atoms with E-state index in [2.05, 4.69) is 36.2 Å². The average molecular weight is 277 g/mol. The molecule has 1 heterocycles. The molecule has 1 aromatic rings. The van der Waals surface area contributed by atoms with Crippen molar-refractivity contribution in [2.45, 2.75) is 71.4 Å². The molecule has 2 saturated carbocycles. The van der Waals surface area contributed by atoms with Gasteiger partial charge in [0.1, 0.15) is 0 Å². The third kappa shape index (κ3) is 3.22. The fourth-order valence-corrected chi connectivity index (χ4v) is 3.50. The van der Waals surface area contributed by atoms with E-state index >= 15 is 0 Å². The van der Waals surface area contributed by atoms with E-state index in [1.165, 1.54) is 32.1 Å². The SMILES string of the molecule is CC(C)[C@H]1CC[C@@H](C)C[C@H]1NCc1nc(C2CC2)no1. The molecule has 0 aromatic carbocycles. The molecule has 0 saturated heterocycles. The van der Waals surface area contributed by atoms with Gasteiger partial charge in [-0.2, -0.15) is 4.98 Å². The van der Waals surface area contributed by atoms with Crippen LogP contribution in [-0.2, 0) is 6.54 Å². The number of nitrogens with zero attached hydrogens (tertiary/aromatic N) is 2. The molecule has 4 heteroatoms. The molecule has 0 radical (unpaired) electrons. The first-order valence-electron chi connectivity index (χ1n) is 8.19. The summed E-state index contributed by atoms with van der Waals surface area (Å²) in [6.07, 6.45) is 6.43. The van der Waals surface area contributed by atoms with E-state index in [-0.39, 0.29) is 0 Å². The molecule has 2 aliphatic carbocycles. The lowest BCUT2D eigenvalue weighted by Crippen LogP contribution is -2.42.